The maximum Gasteiger partial charge on any atom is 0.323 e. The molecule has 0 radical (unpaired) electrons. The van der Waals surface area contributed by atoms with Crippen molar-refractivity contribution in [1.82, 2.24) is 5.32 Å². The fraction of sp³-hybridized carbons (Fsp3) is 0.286. The minimum Gasteiger partial charge on any atom is -0.495 e. The van der Waals surface area contributed by atoms with Gasteiger partial charge in [-0.3, -0.25) is 4.79 Å². The summed E-state index contributed by atoms with van der Waals surface area (Å²) in [6, 6.07) is 19.8. The summed E-state index contributed by atoms with van der Waals surface area (Å²) < 4.78 is 10.6. The molecule has 0 atom stereocenters. The van der Waals surface area contributed by atoms with E-state index in [0.717, 1.165) is 43.3 Å². The first-order valence-electron chi connectivity index (χ1n) is 12.4. The van der Waals surface area contributed by atoms with Gasteiger partial charge in [0.25, 0.3) is 5.91 Å². The first-order valence-corrected chi connectivity index (χ1v) is 12.7. The van der Waals surface area contributed by atoms with Crippen LogP contribution in [0.2, 0.25) is 5.02 Å². The number of hydrogen-bond donors (Lipinski definition) is 3. The van der Waals surface area contributed by atoms with Crippen LogP contribution in [-0.2, 0) is 4.74 Å². The maximum absolute atomic E-state index is 13.2. The number of benzene rings is 3. The van der Waals surface area contributed by atoms with Gasteiger partial charge in [0.05, 0.1) is 25.0 Å². The SMILES string of the molecule is COCCNC(=O)c1cc(NC(=O)Nc2cccc(Cl)c2)ccc1N1CCN(c2ccccc2OC)CC1. The standard InChI is InChI=1S/C28H32ClN5O4/c1-37-17-12-30-27(35)23-19-22(32-28(36)31-21-7-5-6-20(29)18-21)10-11-24(23)33-13-15-34(16-14-33)25-8-3-4-9-26(25)38-2/h3-11,18-19H,12-17H2,1-2H3,(H,30,35)(H2,31,32,36). The summed E-state index contributed by atoms with van der Waals surface area (Å²) in [5, 5.41) is 8.97. The monoisotopic (exact) mass is 537 g/mol. The number of para-hydroxylation sites is 2. The average Bonchev–Trinajstić information content (AvgIpc) is 2.93. The second kappa shape index (κ2) is 13.0. The molecule has 3 aromatic rings. The summed E-state index contributed by atoms with van der Waals surface area (Å²) in [5.41, 5.74) is 3.40. The molecule has 1 heterocycles. The summed E-state index contributed by atoms with van der Waals surface area (Å²) >= 11 is 6.01. The van der Waals surface area contributed by atoms with Crippen LogP contribution in [0.15, 0.2) is 66.7 Å². The Morgan fingerprint density at radius 1 is 0.842 bits per heavy atom. The van der Waals surface area contributed by atoms with Gasteiger partial charge in [-0.15, -0.1) is 0 Å². The molecular formula is C28H32ClN5O4. The Bertz CT molecular complexity index is 1260. The van der Waals surface area contributed by atoms with Crippen LogP contribution in [0, 0.1) is 0 Å². The predicted octanol–water partition coefficient (Wildman–Crippen LogP) is 4.70. The number of nitrogens with one attached hydrogen (secondary N) is 3. The van der Waals surface area contributed by atoms with Crippen molar-refractivity contribution < 1.29 is 19.1 Å². The number of ether oxygens (including phenoxy) is 2. The normalized spacial score (nSPS) is 13.1. The van der Waals surface area contributed by atoms with Crippen molar-refractivity contribution in [3.8, 4) is 5.75 Å². The molecule has 10 heteroatoms. The molecule has 0 aromatic heterocycles. The van der Waals surface area contributed by atoms with Gasteiger partial charge in [-0.05, 0) is 48.5 Å². The molecule has 1 aliphatic rings. The highest BCUT2D eigenvalue weighted by Gasteiger charge is 2.24. The van der Waals surface area contributed by atoms with E-state index in [0.29, 0.717) is 35.1 Å². The quantitative estimate of drug-likeness (QED) is 0.343. The Labute approximate surface area is 227 Å². The minimum absolute atomic E-state index is 0.233. The zero-order valence-corrected chi connectivity index (χ0v) is 22.3. The molecule has 1 fully saturated rings. The molecule has 38 heavy (non-hydrogen) atoms. The molecule has 0 unspecified atom stereocenters. The van der Waals surface area contributed by atoms with Crippen LogP contribution in [0.3, 0.4) is 0 Å². The summed E-state index contributed by atoms with van der Waals surface area (Å²) in [6.07, 6.45) is 0. The lowest BCUT2D eigenvalue weighted by molar-refractivity contribution is 0.0937. The van der Waals surface area contributed by atoms with Crippen molar-refractivity contribution >= 4 is 46.3 Å². The van der Waals surface area contributed by atoms with Crippen molar-refractivity contribution in [2.24, 2.45) is 0 Å². The van der Waals surface area contributed by atoms with E-state index in [1.165, 1.54) is 0 Å². The van der Waals surface area contributed by atoms with Gasteiger partial charge in [-0.2, -0.15) is 0 Å². The van der Waals surface area contributed by atoms with E-state index in [4.69, 9.17) is 21.1 Å². The lowest BCUT2D eigenvalue weighted by Crippen LogP contribution is -2.47. The van der Waals surface area contributed by atoms with Crippen molar-refractivity contribution in [3.05, 3.63) is 77.3 Å². The second-order valence-electron chi connectivity index (χ2n) is 8.72. The Morgan fingerprint density at radius 2 is 1.53 bits per heavy atom. The molecule has 9 nitrogen and oxygen atoms in total. The van der Waals surface area contributed by atoms with E-state index >= 15 is 0 Å². The number of methoxy groups -OCH3 is 2. The molecule has 200 valence electrons. The van der Waals surface area contributed by atoms with E-state index in [-0.39, 0.29) is 5.91 Å². The molecular weight excluding hydrogens is 506 g/mol. The van der Waals surface area contributed by atoms with Crippen LogP contribution < -0.4 is 30.5 Å². The van der Waals surface area contributed by atoms with Gasteiger partial charge in [0.2, 0.25) is 0 Å². The van der Waals surface area contributed by atoms with Crippen LogP contribution in [0.4, 0.5) is 27.5 Å². The number of halogens is 1. The Balaban J connectivity index is 1.50. The Morgan fingerprint density at radius 3 is 2.21 bits per heavy atom. The molecule has 0 saturated carbocycles. The minimum atomic E-state index is -0.434. The molecule has 3 N–H and O–H groups in total. The van der Waals surface area contributed by atoms with Gasteiger partial charge in [0.1, 0.15) is 5.75 Å². The smallest absolute Gasteiger partial charge is 0.323 e. The van der Waals surface area contributed by atoms with Gasteiger partial charge in [0, 0.05) is 61.9 Å². The van der Waals surface area contributed by atoms with Crippen LogP contribution in [0.1, 0.15) is 10.4 Å². The first-order chi connectivity index (χ1) is 18.5. The number of piperazine rings is 1. The fourth-order valence-corrected chi connectivity index (χ4v) is 4.56. The van der Waals surface area contributed by atoms with E-state index < -0.39 is 6.03 Å². The third-order valence-corrected chi connectivity index (χ3v) is 6.45. The number of nitrogens with zero attached hydrogens (tertiary/aromatic N) is 2. The highest BCUT2D eigenvalue weighted by Crippen LogP contribution is 2.31. The van der Waals surface area contributed by atoms with Gasteiger partial charge in [-0.1, -0.05) is 29.8 Å². The van der Waals surface area contributed by atoms with E-state index in [2.05, 4.69) is 31.8 Å². The van der Waals surface area contributed by atoms with Gasteiger partial charge < -0.3 is 35.2 Å². The van der Waals surface area contributed by atoms with E-state index in [9.17, 15) is 9.59 Å². The second-order valence-corrected chi connectivity index (χ2v) is 9.15. The number of urea groups is 1. The van der Waals surface area contributed by atoms with Gasteiger partial charge >= 0.3 is 6.03 Å². The molecule has 1 aliphatic heterocycles. The molecule has 3 aromatic carbocycles. The third kappa shape index (κ3) is 6.87. The van der Waals surface area contributed by atoms with Gasteiger partial charge in [-0.25, -0.2) is 4.79 Å². The third-order valence-electron chi connectivity index (χ3n) is 6.22. The number of carbonyl (C=O) groups is 2. The molecule has 0 bridgehead atoms. The molecule has 0 aliphatic carbocycles. The van der Waals surface area contributed by atoms with Crippen LogP contribution in [0.5, 0.6) is 5.75 Å². The average molecular weight is 538 g/mol. The van der Waals surface area contributed by atoms with Crippen LogP contribution in [0.25, 0.3) is 0 Å². The number of anilines is 4. The summed E-state index contributed by atoms with van der Waals surface area (Å²) in [5.74, 6) is 0.605. The lowest BCUT2D eigenvalue weighted by atomic mass is 10.1. The van der Waals surface area contributed by atoms with E-state index in [1.807, 2.05) is 24.3 Å². The fourth-order valence-electron chi connectivity index (χ4n) is 4.37. The highest BCUT2D eigenvalue weighted by molar-refractivity contribution is 6.30. The van der Waals surface area contributed by atoms with Crippen molar-refractivity contribution in [3.63, 3.8) is 0 Å². The lowest BCUT2D eigenvalue weighted by Gasteiger charge is -2.38. The van der Waals surface area contributed by atoms with E-state index in [1.54, 1.807) is 50.6 Å². The Kier molecular flexibility index (Phi) is 9.29. The zero-order chi connectivity index (χ0) is 26.9. The highest BCUT2D eigenvalue weighted by atomic mass is 35.5. The molecule has 3 amide bonds. The summed E-state index contributed by atoms with van der Waals surface area (Å²) in [7, 11) is 3.26. The Hall–Kier alpha value is -3.95. The number of amides is 3. The summed E-state index contributed by atoms with van der Waals surface area (Å²) in [4.78, 5) is 30.2. The molecule has 1 saturated heterocycles. The van der Waals surface area contributed by atoms with Crippen LogP contribution >= 0.6 is 11.6 Å². The molecule has 4 rings (SSSR count). The largest absolute Gasteiger partial charge is 0.495 e. The topological polar surface area (TPSA) is 95.2 Å². The van der Waals surface area contributed by atoms with Crippen molar-refractivity contribution in [2.75, 3.05) is 74.0 Å². The van der Waals surface area contributed by atoms with Crippen LogP contribution in [-0.4, -0.2) is 65.5 Å². The zero-order valence-electron chi connectivity index (χ0n) is 21.5. The van der Waals surface area contributed by atoms with Crippen molar-refractivity contribution in [2.45, 2.75) is 0 Å². The first kappa shape index (κ1) is 27.1. The number of rotatable bonds is 9. The number of hydrogen-bond acceptors (Lipinski definition) is 6. The predicted molar refractivity (Wildman–Crippen MR) is 152 cm³/mol. The van der Waals surface area contributed by atoms with Crippen molar-refractivity contribution in [1.29, 1.82) is 0 Å². The summed E-state index contributed by atoms with van der Waals surface area (Å²) in [6.45, 7) is 3.76. The molecule has 0 spiro atoms. The maximum atomic E-state index is 13.2. The van der Waals surface area contributed by atoms with Gasteiger partial charge in [0.15, 0.2) is 0 Å². The number of carbonyl (C=O) groups excluding carboxylic acids is 2.